The van der Waals surface area contributed by atoms with E-state index in [-0.39, 0.29) is 37.3 Å². The standard InChI is InChI=1S/C39H74N2O13/c1-16-28(42)39(11,46)29(17-2)52-35(45)24(6)32(53-30-20-37(9,48-14)33(44)26(8)51-30)23(5)34(38(10,49-15)19-21(3)25(7)40-47)54-36-31(43)27(41(12)13)18-22(4)50-36/h21-24,26-34,36,42-44,46-47H,16-20H2,1-15H3/b40-25+/t21-,22-,23+,24-,26+,27?,28?,29-,30?,31?,32?,33?,34?,36?,37-,38-,39+/m1/s1. The van der Waals surface area contributed by atoms with Crippen LogP contribution in [0.2, 0.25) is 0 Å². The zero-order chi connectivity index (χ0) is 41.5. The summed E-state index contributed by atoms with van der Waals surface area (Å²) in [6.07, 6.45) is -7.65. The van der Waals surface area contributed by atoms with E-state index >= 15 is 0 Å². The lowest BCUT2D eigenvalue weighted by Gasteiger charge is -2.49. The van der Waals surface area contributed by atoms with Crippen molar-refractivity contribution in [2.45, 2.75) is 193 Å². The highest BCUT2D eigenvalue weighted by Gasteiger charge is 2.52. The van der Waals surface area contributed by atoms with E-state index < -0.39 is 89.9 Å². The number of aliphatic hydroxyl groups excluding tert-OH is 3. The van der Waals surface area contributed by atoms with Crippen LogP contribution in [0.3, 0.4) is 0 Å². The van der Waals surface area contributed by atoms with Gasteiger partial charge in [0.2, 0.25) is 0 Å². The van der Waals surface area contributed by atoms with Gasteiger partial charge in [0.25, 0.3) is 0 Å². The first-order chi connectivity index (χ1) is 25.0. The Morgan fingerprint density at radius 1 is 1.06 bits per heavy atom. The maximum Gasteiger partial charge on any atom is 0.311 e. The molecule has 8 unspecified atom stereocenters. The fourth-order valence-electron chi connectivity index (χ4n) is 8.06. The van der Waals surface area contributed by atoms with Gasteiger partial charge in [-0.1, -0.05) is 32.9 Å². The van der Waals surface area contributed by atoms with E-state index in [0.717, 1.165) is 0 Å². The quantitative estimate of drug-likeness (QED) is 0.0521. The summed E-state index contributed by atoms with van der Waals surface area (Å²) in [5.41, 5.74) is -3.44. The average Bonchev–Trinajstić information content (AvgIpc) is 3.13. The van der Waals surface area contributed by atoms with Gasteiger partial charge in [-0.05, 0) is 88.2 Å². The van der Waals surface area contributed by atoms with Gasteiger partial charge in [0.05, 0.1) is 53.4 Å². The smallest absolute Gasteiger partial charge is 0.311 e. The monoisotopic (exact) mass is 779 g/mol. The summed E-state index contributed by atoms with van der Waals surface area (Å²) in [5.74, 6) is -2.71. The van der Waals surface area contributed by atoms with Crippen molar-refractivity contribution in [1.29, 1.82) is 0 Å². The molecule has 15 nitrogen and oxygen atoms in total. The molecular weight excluding hydrogens is 704 g/mol. The summed E-state index contributed by atoms with van der Waals surface area (Å²) in [6, 6.07) is -0.278. The molecule has 17 atom stereocenters. The van der Waals surface area contributed by atoms with Crippen LogP contribution in [0.5, 0.6) is 0 Å². The van der Waals surface area contributed by atoms with Crippen molar-refractivity contribution in [1.82, 2.24) is 4.90 Å². The zero-order valence-electron chi connectivity index (χ0n) is 35.5. The van der Waals surface area contributed by atoms with E-state index in [1.54, 1.807) is 48.7 Å². The van der Waals surface area contributed by atoms with Gasteiger partial charge in [-0.2, -0.15) is 0 Å². The summed E-state index contributed by atoms with van der Waals surface area (Å²) in [7, 11) is 6.82. The Hall–Kier alpha value is -1.50. The minimum absolute atomic E-state index is 0.123. The molecule has 54 heavy (non-hydrogen) atoms. The topological polar surface area (TPSA) is 198 Å². The molecule has 2 heterocycles. The van der Waals surface area contributed by atoms with E-state index in [2.05, 4.69) is 5.16 Å². The van der Waals surface area contributed by atoms with Crippen molar-refractivity contribution in [3.63, 3.8) is 0 Å². The van der Waals surface area contributed by atoms with Crippen molar-refractivity contribution < 1.29 is 63.6 Å². The molecule has 5 N–H and O–H groups in total. The fourth-order valence-corrected chi connectivity index (χ4v) is 8.06. The van der Waals surface area contributed by atoms with Gasteiger partial charge >= 0.3 is 5.97 Å². The highest BCUT2D eigenvalue weighted by molar-refractivity contribution is 5.83. The summed E-state index contributed by atoms with van der Waals surface area (Å²) >= 11 is 0. The van der Waals surface area contributed by atoms with Crippen LogP contribution in [0.4, 0.5) is 0 Å². The third-order valence-electron chi connectivity index (χ3n) is 12.2. The SMILES string of the molecule is CCC(O)[C@](C)(O)[C@@H](CC)OC(=O)[C@H](C)C(OC1C[C@@](C)(OC)C(O)[C@H](C)O1)[C@H](C)C(OC1O[C@H](C)CC(N(C)C)C1O)[C@@](C)(C[C@@H](C)/C(C)=N/O)OC. The van der Waals surface area contributed by atoms with E-state index in [4.69, 9.17) is 33.2 Å². The van der Waals surface area contributed by atoms with E-state index in [9.17, 15) is 30.4 Å². The van der Waals surface area contributed by atoms with Gasteiger partial charge in [0, 0.05) is 38.5 Å². The number of hydrogen-bond donors (Lipinski definition) is 5. The van der Waals surface area contributed by atoms with Gasteiger partial charge in [0.1, 0.15) is 23.9 Å². The second-order valence-electron chi connectivity index (χ2n) is 16.7. The minimum atomic E-state index is -1.73. The van der Waals surface area contributed by atoms with Gasteiger partial charge in [-0.15, -0.1) is 0 Å². The van der Waals surface area contributed by atoms with Crippen molar-refractivity contribution in [3.8, 4) is 0 Å². The van der Waals surface area contributed by atoms with Crippen LogP contribution in [-0.2, 0) is 38.0 Å². The van der Waals surface area contributed by atoms with Gasteiger partial charge in [0.15, 0.2) is 12.6 Å². The Morgan fingerprint density at radius 3 is 2.17 bits per heavy atom. The number of likely N-dealkylation sites (N-methyl/N-ethyl adjacent to an activating group) is 1. The lowest BCUT2D eigenvalue weighted by molar-refractivity contribution is -0.319. The van der Waals surface area contributed by atoms with Gasteiger partial charge in [-0.3, -0.25) is 4.79 Å². The molecular formula is C39H74N2O13. The van der Waals surface area contributed by atoms with Gasteiger partial charge in [-0.25, -0.2) is 0 Å². The Morgan fingerprint density at radius 2 is 1.67 bits per heavy atom. The summed E-state index contributed by atoms with van der Waals surface area (Å²) < 4.78 is 44.0. The number of aliphatic hydroxyl groups is 4. The van der Waals surface area contributed by atoms with Crippen molar-refractivity contribution in [3.05, 3.63) is 0 Å². The largest absolute Gasteiger partial charge is 0.459 e. The molecule has 15 heteroatoms. The lowest BCUT2D eigenvalue weighted by Crippen LogP contribution is -2.61. The third-order valence-corrected chi connectivity index (χ3v) is 12.2. The molecule has 0 aromatic heterocycles. The number of methoxy groups -OCH3 is 2. The van der Waals surface area contributed by atoms with E-state index in [0.29, 0.717) is 18.6 Å². The van der Waals surface area contributed by atoms with Crippen LogP contribution in [0.15, 0.2) is 5.16 Å². The molecule has 2 aliphatic heterocycles. The molecule has 2 fully saturated rings. The third kappa shape index (κ3) is 11.3. The van der Waals surface area contributed by atoms with Crippen LogP contribution >= 0.6 is 0 Å². The van der Waals surface area contributed by atoms with Crippen molar-refractivity contribution >= 4 is 11.7 Å². The number of hydrogen-bond acceptors (Lipinski definition) is 15. The first-order valence-corrected chi connectivity index (χ1v) is 19.5. The molecule has 0 aromatic carbocycles. The molecule has 2 aliphatic rings. The predicted molar refractivity (Wildman–Crippen MR) is 202 cm³/mol. The fraction of sp³-hybridized carbons (Fsp3) is 0.949. The average molecular weight is 779 g/mol. The minimum Gasteiger partial charge on any atom is -0.459 e. The summed E-state index contributed by atoms with van der Waals surface area (Å²) in [4.78, 5) is 16.2. The highest BCUT2D eigenvalue weighted by atomic mass is 16.7. The van der Waals surface area contributed by atoms with Crippen LogP contribution < -0.4 is 0 Å². The molecule has 2 rings (SSSR count). The molecule has 0 amide bonds. The molecule has 0 bridgehead atoms. The van der Waals surface area contributed by atoms with Gasteiger partial charge < -0.3 is 63.7 Å². The van der Waals surface area contributed by atoms with E-state index in [1.807, 2.05) is 46.7 Å². The molecule has 0 aromatic rings. The first-order valence-electron chi connectivity index (χ1n) is 19.5. The Bertz CT molecular complexity index is 1190. The number of esters is 1. The zero-order valence-corrected chi connectivity index (χ0v) is 35.5. The van der Waals surface area contributed by atoms with E-state index in [1.165, 1.54) is 14.0 Å². The lowest BCUT2D eigenvalue weighted by atomic mass is 9.77. The number of carbonyl (C=O) groups is 1. The van der Waals surface area contributed by atoms with Crippen molar-refractivity contribution in [2.75, 3.05) is 28.3 Å². The summed E-state index contributed by atoms with van der Waals surface area (Å²) in [6.45, 7) is 19.3. The van der Waals surface area contributed by atoms with Crippen LogP contribution in [0.1, 0.15) is 108 Å². The molecule has 2 saturated heterocycles. The number of nitrogens with zero attached hydrogens (tertiary/aromatic N) is 2. The number of ether oxygens (including phenoxy) is 7. The highest BCUT2D eigenvalue weighted by Crippen LogP contribution is 2.41. The Kier molecular flexibility index (Phi) is 18.3. The van der Waals surface area contributed by atoms with Crippen LogP contribution in [-0.4, -0.2) is 155 Å². The Labute approximate surface area is 323 Å². The van der Waals surface area contributed by atoms with Crippen molar-refractivity contribution in [2.24, 2.45) is 22.9 Å². The number of carbonyl (C=O) groups excluding carboxylic acids is 1. The van der Waals surface area contributed by atoms with Crippen LogP contribution in [0, 0.1) is 17.8 Å². The first kappa shape index (κ1) is 48.6. The predicted octanol–water partition coefficient (Wildman–Crippen LogP) is 3.48. The maximum absolute atomic E-state index is 14.2. The normalized spacial score (nSPS) is 34.5. The molecule has 0 aliphatic carbocycles. The number of oxime groups is 1. The Balaban J connectivity index is 2.74. The maximum atomic E-state index is 14.2. The molecule has 0 radical (unpaired) electrons. The second-order valence-corrected chi connectivity index (χ2v) is 16.7. The molecule has 0 saturated carbocycles. The molecule has 0 spiro atoms. The summed E-state index contributed by atoms with van der Waals surface area (Å²) in [5, 5.41) is 57.5. The van der Waals surface area contributed by atoms with Crippen LogP contribution in [0.25, 0.3) is 0 Å². The molecule has 318 valence electrons. The number of rotatable bonds is 20. The second kappa shape index (κ2) is 20.3.